The van der Waals surface area contributed by atoms with Crippen molar-refractivity contribution in [1.29, 1.82) is 0 Å². The minimum atomic E-state index is -0.00449. The van der Waals surface area contributed by atoms with Crippen LogP contribution in [0.2, 0.25) is 0 Å². The van der Waals surface area contributed by atoms with Crippen molar-refractivity contribution in [2.24, 2.45) is 0 Å². The highest BCUT2D eigenvalue weighted by Gasteiger charge is 1.95. The van der Waals surface area contributed by atoms with Crippen LogP contribution in [-0.4, -0.2) is 10.9 Å². The van der Waals surface area contributed by atoms with Gasteiger partial charge in [0.05, 0.1) is 0 Å². The normalized spacial score (nSPS) is 11.1. The van der Waals surface area contributed by atoms with Crippen molar-refractivity contribution in [2.75, 3.05) is 5.32 Å². The molecular weight excluding hydrogens is 178 g/mol. The molecule has 0 saturated carbocycles. The van der Waals surface area contributed by atoms with Crippen LogP contribution in [0.4, 0.5) is 5.69 Å². The molecule has 0 aliphatic carbocycles. The first-order valence-corrected chi connectivity index (χ1v) is 4.33. The fourth-order valence-corrected chi connectivity index (χ4v) is 1.15. The van der Waals surface area contributed by atoms with Gasteiger partial charge >= 0.3 is 0 Å². The Morgan fingerprint density at radius 2 is 2.14 bits per heavy atom. The molecule has 3 heteroatoms. The minimum absolute atomic E-state index is 0.00449. The number of phenolic OH excluding ortho intramolecular Hbond substituents is 1. The molecule has 1 aromatic carbocycles. The van der Waals surface area contributed by atoms with E-state index in [1.807, 2.05) is 6.07 Å². The van der Waals surface area contributed by atoms with Crippen molar-refractivity contribution in [3.05, 3.63) is 36.0 Å². The van der Waals surface area contributed by atoms with E-state index in [9.17, 15) is 9.90 Å². The topological polar surface area (TPSA) is 49.3 Å². The number of phenols is 1. The molecule has 0 amide bonds. The van der Waals surface area contributed by atoms with E-state index in [4.69, 9.17) is 0 Å². The first kappa shape index (κ1) is 10.3. The second kappa shape index (κ2) is 4.46. The molecule has 0 heterocycles. The molecule has 74 valence electrons. The first-order chi connectivity index (χ1) is 6.58. The lowest BCUT2D eigenvalue weighted by atomic mass is 10.2. The summed E-state index contributed by atoms with van der Waals surface area (Å²) in [7, 11) is 0. The van der Waals surface area contributed by atoms with Gasteiger partial charge < -0.3 is 10.4 Å². The van der Waals surface area contributed by atoms with E-state index in [0.29, 0.717) is 0 Å². The Labute approximate surface area is 83.1 Å². The molecule has 0 aliphatic rings. The molecule has 14 heavy (non-hydrogen) atoms. The third kappa shape index (κ3) is 3.31. The van der Waals surface area contributed by atoms with Gasteiger partial charge in [0.1, 0.15) is 5.75 Å². The first-order valence-electron chi connectivity index (χ1n) is 4.33. The van der Waals surface area contributed by atoms with Crippen molar-refractivity contribution < 1.29 is 9.90 Å². The summed E-state index contributed by atoms with van der Waals surface area (Å²) in [4.78, 5) is 10.7. The van der Waals surface area contributed by atoms with E-state index < -0.39 is 0 Å². The summed E-state index contributed by atoms with van der Waals surface area (Å²) >= 11 is 0. The van der Waals surface area contributed by atoms with Crippen LogP contribution >= 0.6 is 0 Å². The lowest BCUT2D eigenvalue weighted by molar-refractivity contribution is -0.112. The summed E-state index contributed by atoms with van der Waals surface area (Å²) < 4.78 is 0. The van der Waals surface area contributed by atoms with Crippen LogP contribution in [0.25, 0.3) is 0 Å². The lowest BCUT2D eigenvalue weighted by Crippen LogP contribution is -1.97. The molecule has 0 atom stereocenters. The predicted octanol–water partition coefficient (Wildman–Crippen LogP) is 2.30. The average Bonchev–Trinajstić information content (AvgIpc) is 2.01. The quantitative estimate of drug-likeness (QED) is 0.721. The van der Waals surface area contributed by atoms with Crippen LogP contribution in [0.5, 0.6) is 5.75 Å². The fourth-order valence-electron chi connectivity index (χ4n) is 1.15. The number of rotatable bonds is 3. The molecule has 3 nitrogen and oxygen atoms in total. The van der Waals surface area contributed by atoms with E-state index in [1.54, 1.807) is 25.1 Å². The van der Waals surface area contributed by atoms with Crippen molar-refractivity contribution in [2.45, 2.75) is 13.8 Å². The number of carbonyl (C=O) groups excluding carboxylic acids is 1. The Morgan fingerprint density at radius 3 is 2.71 bits per heavy atom. The number of hydrogen-bond donors (Lipinski definition) is 2. The monoisotopic (exact) mass is 191 g/mol. The van der Waals surface area contributed by atoms with Gasteiger partial charge in [0.25, 0.3) is 0 Å². The standard InChI is InChI=1S/C11H13NO2/c1-8(6-9(2)13)12-10-4-3-5-11(14)7-10/h3-7,12,14H,1-2H3. The van der Waals surface area contributed by atoms with Gasteiger partial charge in [-0.05, 0) is 32.1 Å². The maximum atomic E-state index is 10.7. The summed E-state index contributed by atoms with van der Waals surface area (Å²) in [6.45, 7) is 3.29. The van der Waals surface area contributed by atoms with Gasteiger partial charge in [0, 0.05) is 17.5 Å². The van der Waals surface area contributed by atoms with Gasteiger partial charge in [-0.15, -0.1) is 0 Å². The summed E-state index contributed by atoms with van der Waals surface area (Å²) in [6.07, 6.45) is 1.50. The van der Waals surface area contributed by atoms with Gasteiger partial charge in [-0.3, -0.25) is 4.79 Å². The van der Waals surface area contributed by atoms with E-state index in [0.717, 1.165) is 11.4 Å². The van der Waals surface area contributed by atoms with Crippen LogP contribution < -0.4 is 5.32 Å². The van der Waals surface area contributed by atoms with E-state index in [-0.39, 0.29) is 11.5 Å². The number of anilines is 1. The molecule has 0 aromatic heterocycles. The van der Waals surface area contributed by atoms with Crippen molar-refractivity contribution >= 4 is 11.5 Å². The maximum absolute atomic E-state index is 10.7. The van der Waals surface area contributed by atoms with Gasteiger partial charge in [-0.1, -0.05) is 6.07 Å². The van der Waals surface area contributed by atoms with Crippen molar-refractivity contribution in [3.63, 3.8) is 0 Å². The molecule has 0 unspecified atom stereocenters. The number of allylic oxidation sites excluding steroid dienone is 2. The Balaban J connectivity index is 2.74. The number of ketones is 1. The number of benzene rings is 1. The van der Waals surface area contributed by atoms with Crippen molar-refractivity contribution in [3.8, 4) is 5.75 Å². The smallest absolute Gasteiger partial charge is 0.154 e. The summed E-state index contributed by atoms with van der Waals surface area (Å²) in [5, 5.41) is 12.2. The number of carbonyl (C=O) groups is 1. The van der Waals surface area contributed by atoms with Gasteiger partial charge in [0.2, 0.25) is 0 Å². The van der Waals surface area contributed by atoms with E-state index in [2.05, 4.69) is 5.32 Å². The average molecular weight is 191 g/mol. The van der Waals surface area contributed by atoms with Gasteiger partial charge in [0.15, 0.2) is 5.78 Å². The number of aromatic hydroxyl groups is 1. The molecule has 0 radical (unpaired) electrons. The van der Waals surface area contributed by atoms with Crippen LogP contribution in [0.1, 0.15) is 13.8 Å². The Bertz CT molecular complexity index is 369. The highest BCUT2D eigenvalue weighted by Crippen LogP contribution is 2.16. The van der Waals surface area contributed by atoms with Crippen LogP contribution in [0, 0.1) is 0 Å². The second-order valence-electron chi connectivity index (χ2n) is 3.11. The lowest BCUT2D eigenvalue weighted by Gasteiger charge is -2.05. The van der Waals surface area contributed by atoms with E-state index >= 15 is 0 Å². The summed E-state index contributed by atoms with van der Waals surface area (Å²) in [5.74, 6) is 0.195. The Hall–Kier alpha value is -1.77. The number of nitrogens with one attached hydrogen (secondary N) is 1. The van der Waals surface area contributed by atoms with E-state index in [1.165, 1.54) is 13.0 Å². The molecule has 1 aromatic rings. The Morgan fingerprint density at radius 1 is 1.43 bits per heavy atom. The molecule has 1 rings (SSSR count). The highest BCUT2D eigenvalue weighted by molar-refractivity contribution is 5.88. The molecule has 0 aliphatic heterocycles. The molecule has 0 spiro atoms. The zero-order valence-corrected chi connectivity index (χ0v) is 8.24. The SMILES string of the molecule is CC(=O)C=C(C)Nc1cccc(O)c1. The molecule has 0 saturated heterocycles. The van der Waals surface area contributed by atoms with Crippen LogP contribution in [-0.2, 0) is 4.79 Å². The summed E-state index contributed by atoms with van der Waals surface area (Å²) in [5.41, 5.74) is 1.52. The highest BCUT2D eigenvalue weighted by atomic mass is 16.3. The fraction of sp³-hybridized carbons (Fsp3) is 0.182. The van der Waals surface area contributed by atoms with Gasteiger partial charge in [-0.25, -0.2) is 0 Å². The zero-order valence-electron chi connectivity index (χ0n) is 8.24. The minimum Gasteiger partial charge on any atom is -0.508 e. The third-order valence-corrected chi connectivity index (χ3v) is 1.61. The van der Waals surface area contributed by atoms with Crippen molar-refractivity contribution in [1.82, 2.24) is 0 Å². The molecule has 2 N–H and O–H groups in total. The zero-order chi connectivity index (χ0) is 10.6. The third-order valence-electron chi connectivity index (χ3n) is 1.61. The van der Waals surface area contributed by atoms with Gasteiger partial charge in [-0.2, -0.15) is 0 Å². The predicted molar refractivity (Wildman–Crippen MR) is 56.2 cm³/mol. The molecule has 0 fully saturated rings. The summed E-state index contributed by atoms with van der Waals surface area (Å²) in [6, 6.07) is 6.74. The van der Waals surface area contributed by atoms with Crippen LogP contribution in [0.15, 0.2) is 36.0 Å². The second-order valence-corrected chi connectivity index (χ2v) is 3.11. The maximum Gasteiger partial charge on any atom is 0.154 e. The Kier molecular flexibility index (Phi) is 3.29. The van der Waals surface area contributed by atoms with Crippen LogP contribution in [0.3, 0.4) is 0 Å². The molecular formula is C11H13NO2. The molecule has 0 bridgehead atoms. The number of hydrogen-bond acceptors (Lipinski definition) is 3. The largest absolute Gasteiger partial charge is 0.508 e.